The monoisotopic (exact) mass is 328 g/mol. The maximum atomic E-state index is 12.5. The molecule has 0 amide bonds. The highest BCUT2D eigenvalue weighted by molar-refractivity contribution is 5.92. The second-order valence-corrected chi connectivity index (χ2v) is 6.55. The lowest BCUT2D eigenvalue weighted by Gasteiger charge is -2.50. The van der Waals surface area contributed by atoms with E-state index in [2.05, 4.69) is 0 Å². The Morgan fingerprint density at radius 3 is 2.39 bits per heavy atom. The molecular formula is C15H20O8. The fourth-order valence-electron chi connectivity index (χ4n) is 3.62. The first-order chi connectivity index (χ1) is 10.6. The summed E-state index contributed by atoms with van der Waals surface area (Å²) in [6.07, 6.45) is -2.74. The van der Waals surface area contributed by atoms with Crippen LogP contribution >= 0.6 is 0 Å². The molecule has 1 aliphatic carbocycles. The van der Waals surface area contributed by atoms with Crippen molar-refractivity contribution in [1.82, 2.24) is 0 Å². The van der Waals surface area contributed by atoms with Crippen LogP contribution in [0.2, 0.25) is 0 Å². The summed E-state index contributed by atoms with van der Waals surface area (Å²) in [4.78, 5) is 35.6. The van der Waals surface area contributed by atoms with Crippen molar-refractivity contribution in [2.24, 2.45) is 0 Å². The third-order valence-electron chi connectivity index (χ3n) is 4.31. The first-order valence-corrected chi connectivity index (χ1v) is 7.52. The average Bonchev–Trinajstić information content (AvgIpc) is 2.73. The number of carbonyl (C=O) groups excluding carboxylic acids is 3. The highest BCUT2D eigenvalue weighted by atomic mass is 16.8. The largest absolute Gasteiger partial charge is 0.455 e. The van der Waals surface area contributed by atoms with Crippen molar-refractivity contribution in [2.45, 2.75) is 69.9 Å². The molecule has 0 aromatic heterocycles. The molecular weight excluding hydrogens is 308 g/mol. The fourth-order valence-corrected chi connectivity index (χ4v) is 3.62. The van der Waals surface area contributed by atoms with Gasteiger partial charge in [0, 0.05) is 20.3 Å². The Balaban J connectivity index is 2.04. The van der Waals surface area contributed by atoms with Gasteiger partial charge in [0.25, 0.3) is 0 Å². The van der Waals surface area contributed by atoms with Gasteiger partial charge in [-0.15, -0.1) is 0 Å². The Morgan fingerprint density at radius 2 is 1.78 bits per heavy atom. The molecule has 2 aliphatic heterocycles. The van der Waals surface area contributed by atoms with E-state index < -0.39 is 53.5 Å². The first-order valence-electron chi connectivity index (χ1n) is 7.52. The third-order valence-corrected chi connectivity index (χ3v) is 4.31. The fraction of sp³-hybridized carbons (Fsp3) is 0.800. The standard InChI is InChI=1S/C15H20O8/c1-7(16)20-13-12-11(22-14(3,4)23-12)9-5-15(13,21-8(2)17)10(18)6-19-9/h9,11-13H,5-6H2,1-4H3/t9-,11-,12-,13-,15+/m0/s1. The van der Waals surface area contributed by atoms with Crippen molar-refractivity contribution >= 4 is 17.7 Å². The van der Waals surface area contributed by atoms with Crippen LogP contribution < -0.4 is 0 Å². The molecule has 0 N–H and O–H groups in total. The third kappa shape index (κ3) is 2.64. The summed E-state index contributed by atoms with van der Waals surface area (Å²) in [7, 11) is 0. The molecule has 2 heterocycles. The van der Waals surface area contributed by atoms with Gasteiger partial charge in [-0.2, -0.15) is 0 Å². The normalized spacial score (nSPS) is 41.1. The van der Waals surface area contributed by atoms with E-state index in [9.17, 15) is 14.4 Å². The molecule has 2 saturated heterocycles. The average molecular weight is 328 g/mol. The zero-order valence-corrected chi connectivity index (χ0v) is 13.5. The van der Waals surface area contributed by atoms with Crippen LogP contribution in [0.5, 0.6) is 0 Å². The van der Waals surface area contributed by atoms with Crippen LogP contribution in [0.25, 0.3) is 0 Å². The van der Waals surface area contributed by atoms with Crippen LogP contribution in [-0.2, 0) is 38.1 Å². The number of hydrogen-bond donors (Lipinski definition) is 0. The number of hydrogen-bond acceptors (Lipinski definition) is 8. The zero-order valence-electron chi connectivity index (χ0n) is 13.5. The SMILES string of the molecule is CC(=O)O[C@H]1[C@H]2OC(C)(C)O[C@H]2[C@@H]2C[C@@]1(OC(C)=O)C(=O)CO2. The summed E-state index contributed by atoms with van der Waals surface area (Å²) in [5.74, 6) is -2.59. The lowest BCUT2D eigenvalue weighted by molar-refractivity contribution is -0.240. The summed E-state index contributed by atoms with van der Waals surface area (Å²) in [6, 6.07) is 0. The van der Waals surface area contributed by atoms with Gasteiger partial charge in [0.1, 0.15) is 18.8 Å². The second-order valence-electron chi connectivity index (χ2n) is 6.55. The van der Waals surface area contributed by atoms with Crippen LogP contribution in [0.15, 0.2) is 0 Å². The van der Waals surface area contributed by atoms with Gasteiger partial charge in [0.05, 0.1) is 6.10 Å². The first kappa shape index (κ1) is 16.4. The molecule has 3 fully saturated rings. The highest BCUT2D eigenvalue weighted by Crippen LogP contribution is 2.47. The van der Waals surface area contributed by atoms with Gasteiger partial charge < -0.3 is 23.7 Å². The molecule has 2 bridgehead atoms. The van der Waals surface area contributed by atoms with Gasteiger partial charge in [-0.05, 0) is 13.8 Å². The molecule has 0 aromatic carbocycles. The molecule has 128 valence electrons. The van der Waals surface area contributed by atoms with Crippen LogP contribution in [0.4, 0.5) is 0 Å². The molecule has 0 radical (unpaired) electrons. The van der Waals surface area contributed by atoms with E-state index in [4.69, 9.17) is 23.7 Å². The zero-order chi connectivity index (χ0) is 17.0. The number of ether oxygens (including phenoxy) is 5. The minimum atomic E-state index is -1.59. The van der Waals surface area contributed by atoms with Crippen LogP contribution in [0.3, 0.4) is 0 Å². The Bertz CT molecular complexity index is 556. The molecule has 0 unspecified atom stereocenters. The van der Waals surface area contributed by atoms with Gasteiger partial charge in [-0.1, -0.05) is 0 Å². The topological polar surface area (TPSA) is 97.4 Å². The maximum Gasteiger partial charge on any atom is 0.303 e. The number of fused-ring (bicyclic) bond motifs is 4. The predicted octanol–water partition coefficient (Wildman–Crippen LogP) is 0.112. The van der Waals surface area contributed by atoms with Gasteiger partial charge >= 0.3 is 11.9 Å². The summed E-state index contributed by atoms with van der Waals surface area (Å²) in [5.41, 5.74) is -1.59. The van der Waals surface area contributed by atoms with Crippen molar-refractivity contribution in [2.75, 3.05) is 6.61 Å². The molecule has 1 saturated carbocycles. The Kier molecular flexibility index (Phi) is 3.74. The van der Waals surface area contributed by atoms with E-state index in [-0.39, 0.29) is 13.0 Å². The number of Topliss-reactive ketones (excluding diaryl/α,β-unsaturated/α-hetero) is 1. The van der Waals surface area contributed by atoms with Crippen molar-refractivity contribution in [3.8, 4) is 0 Å². The molecule has 8 heteroatoms. The quantitative estimate of drug-likeness (QED) is 0.659. The molecule has 3 rings (SSSR count). The Hall–Kier alpha value is -1.51. The van der Waals surface area contributed by atoms with Crippen LogP contribution in [0.1, 0.15) is 34.1 Å². The minimum absolute atomic E-state index is 0.0734. The molecule has 8 nitrogen and oxygen atoms in total. The van der Waals surface area contributed by atoms with Crippen molar-refractivity contribution in [3.05, 3.63) is 0 Å². The van der Waals surface area contributed by atoms with Gasteiger partial charge in [0.15, 0.2) is 11.9 Å². The van der Waals surface area contributed by atoms with E-state index in [0.717, 1.165) is 0 Å². The molecule has 0 aromatic rings. The van der Waals surface area contributed by atoms with Gasteiger partial charge in [0.2, 0.25) is 11.4 Å². The molecule has 3 aliphatic rings. The summed E-state index contributed by atoms with van der Waals surface area (Å²) >= 11 is 0. The summed E-state index contributed by atoms with van der Waals surface area (Å²) in [5, 5.41) is 0. The number of rotatable bonds is 2. The summed E-state index contributed by atoms with van der Waals surface area (Å²) in [6.45, 7) is 5.65. The van der Waals surface area contributed by atoms with Crippen molar-refractivity contribution in [3.63, 3.8) is 0 Å². The van der Waals surface area contributed by atoms with Crippen LogP contribution in [-0.4, -0.2) is 60.1 Å². The lowest BCUT2D eigenvalue weighted by Crippen LogP contribution is -2.71. The van der Waals surface area contributed by atoms with E-state index in [0.29, 0.717) is 0 Å². The van der Waals surface area contributed by atoms with E-state index >= 15 is 0 Å². The van der Waals surface area contributed by atoms with E-state index in [1.807, 2.05) is 0 Å². The molecule has 0 spiro atoms. The van der Waals surface area contributed by atoms with Crippen molar-refractivity contribution in [1.29, 1.82) is 0 Å². The minimum Gasteiger partial charge on any atom is -0.455 e. The van der Waals surface area contributed by atoms with E-state index in [1.165, 1.54) is 13.8 Å². The predicted molar refractivity (Wildman–Crippen MR) is 73.2 cm³/mol. The smallest absolute Gasteiger partial charge is 0.303 e. The van der Waals surface area contributed by atoms with Crippen LogP contribution in [0, 0.1) is 0 Å². The Morgan fingerprint density at radius 1 is 1.13 bits per heavy atom. The van der Waals surface area contributed by atoms with E-state index in [1.54, 1.807) is 13.8 Å². The number of carbonyl (C=O) groups is 3. The van der Waals surface area contributed by atoms with Crippen molar-refractivity contribution < 1.29 is 38.1 Å². The second kappa shape index (κ2) is 5.25. The van der Waals surface area contributed by atoms with Gasteiger partial charge in [-0.3, -0.25) is 14.4 Å². The number of esters is 2. The Labute approximate surface area is 133 Å². The molecule has 23 heavy (non-hydrogen) atoms. The highest BCUT2D eigenvalue weighted by Gasteiger charge is 2.68. The maximum absolute atomic E-state index is 12.5. The number of ketones is 1. The lowest BCUT2D eigenvalue weighted by atomic mass is 9.72. The van der Waals surface area contributed by atoms with Gasteiger partial charge in [-0.25, -0.2) is 0 Å². The molecule has 5 atom stereocenters. The summed E-state index contributed by atoms with van der Waals surface area (Å²) < 4.78 is 28.0.